The average molecular weight is 244 g/mol. The van der Waals surface area contributed by atoms with Gasteiger partial charge in [-0.05, 0) is 26.3 Å². The van der Waals surface area contributed by atoms with Crippen LogP contribution in [-0.4, -0.2) is 63.5 Å². The molecule has 1 N–H and O–H groups in total. The maximum absolute atomic E-state index is 5.46. The molecule has 0 radical (unpaired) electrons. The second-order valence-electron chi connectivity index (χ2n) is 4.63. The number of hydrogen-bond donors (Lipinski definition) is 1. The average Bonchev–Trinajstić information content (AvgIpc) is 2.74. The molecule has 0 saturated carbocycles. The van der Waals surface area contributed by atoms with Gasteiger partial charge in [0.15, 0.2) is 0 Å². The van der Waals surface area contributed by atoms with E-state index < -0.39 is 0 Å². The molecule has 2 unspecified atom stereocenters. The number of nitrogens with zero attached hydrogens (tertiary/aromatic N) is 1. The smallest absolute Gasteiger partial charge is 0.0593 e. The minimum Gasteiger partial charge on any atom is -0.380 e. The Labute approximate surface area is 106 Å². The van der Waals surface area contributed by atoms with Crippen molar-refractivity contribution in [2.24, 2.45) is 5.92 Å². The van der Waals surface area contributed by atoms with Crippen LogP contribution >= 0.6 is 0 Å². The first-order valence-electron chi connectivity index (χ1n) is 6.89. The predicted octanol–water partition coefficient (Wildman–Crippen LogP) is 0.969. The summed E-state index contributed by atoms with van der Waals surface area (Å²) in [5.74, 6) is 0.721. The molecule has 1 heterocycles. The van der Waals surface area contributed by atoms with Crippen molar-refractivity contribution in [1.29, 1.82) is 0 Å². The summed E-state index contributed by atoms with van der Waals surface area (Å²) in [5.41, 5.74) is 0. The van der Waals surface area contributed by atoms with Crippen molar-refractivity contribution in [2.45, 2.75) is 26.8 Å². The van der Waals surface area contributed by atoms with Crippen LogP contribution < -0.4 is 5.32 Å². The van der Waals surface area contributed by atoms with Crippen LogP contribution in [0.4, 0.5) is 0 Å². The lowest BCUT2D eigenvalue weighted by Crippen LogP contribution is -2.43. The molecule has 0 aliphatic carbocycles. The Morgan fingerprint density at radius 1 is 1.06 bits per heavy atom. The third-order valence-electron chi connectivity index (χ3n) is 3.40. The van der Waals surface area contributed by atoms with Crippen molar-refractivity contribution in [3.8, 4) is 0 Å². The summed E-state index contributed by atoms with van der Waals surface area (Å²) in [6.07, 6.45) is 0. The standard InChI is InChI=1S/C13H28N2O2/c1-4-16-8-6-15(7-9-17-5-2)13-11-14-10-12(13)3/h12-14H,4-11H2,1-3H3. The van der Waals surface area contributed by atoms with Gasteiger partial charge in [-0.15, -0.1) is 0 Å². The lowest BCUT2D eigenvalue weighted by atomic mass is 10.0. The Morgan fingerprint density at radius 3 is 2.06 bits per heavy atom. The molecule has 4 nitrogen and oxygen atoms in total. The number of rotatable bonds is 9. The number of nitrogens with one attached hydrogen (secondary N) is 1. The van der Waals surface area contributed by atoms with Gasteiger partial charge in [-0.1, -0.05) is 6.92 Å². The Balaban J connectivity index is 2.34. The van der Waals surface area contributed by atoms with Crippen molar-refractivity contribution in [2.75, 3.05) is 52.6 Å². The highest BCUT2D eigenvalue weighted by molar-refractivity contribution is 4.86. The molecular weight excluding hydrogens is 216 g/mol. The van der Waals surface area contributed by atoms with Crippen LogP contribution in [0.15, 0.2) is 0 Å². The maximum Gasteiger partial charge on any atom is 0.0593 e. The Kier molecular flexibility index (Phi) is 7.77. The molecule has 1 saturated heterocycles. The molecule has 1 aliphatic rings. The van der Waals surface area contributed by atoms with Gasteiger partial charge in [0.05, 0.1) is 13.2 Å². The SMILES string of the molecule is CCOCCN(CCOCC)C1CNCC1C. The zero-order chi connectivity index (χ0) is 12.5. The lowest BCUT2D eigenvalue weighted by molar-refractivity contribution is 0.0586. The monoisotopic (exact) mass is 244 g/mol. The second-order valence-corrected chi connectivity index (χ2v) is 4.63. The molecule has 0 aromatic heterocycles. The predicted molar refractivity (Wildman–Crippen MR) is 70.4 cm³/mol. The molecule has 1 aliphatic heterocycles. The zero-order valence-corrected chi connectivity index (χ0v) is 11.6. The number of hydrogen-bond acceptors (Lipinski definition) is 4. The van der Waals surface area contributed by atoms with E-state index in [1.165, 1.54) is 0 Å². The molecular formula is C13H28N2O2. The zero-order valence-electron chi connectivity index (χ0n) is 11.6. The van der Waals surface area contributed by atoms with Gasteiger partial charge in [0.25, 0.3) is 0 Å². The van der Waals surface area contributed by atoms with E-state index in [2.05, 4.69) is 17.1 Å². The molecule has 1 rings (SSSR count). The first-order chi connectivity index (χ1) is 8.29. The van der Waals surface area contributed by atoms with E-state index in [0.29, 0.717) is 6.04 Å². The largest absolute Gasteiger partial charge is 0.380 e. The number of ether oxygens (including phenoxy) is 2. The molecule has 102 valence electrons. The fraction of sp³-hybridized carbons (Fsp3) is 1.00. The van der Waals surface area contributed by atoms with Crippen LogP contribution in [-0.2, 0) is 9.47 Å². The highest BCUT2D eigenvalue weighted by Crippen LogP contribution is 2.14. The molecule has 0 aromatic rings. The Morgan fingerprint density at radius 2 is 1.65 bits per heavy atom. The van der Waals surface area contributed by atoms with Crippen molar-refractivity contribution in [3.63, 3.8) is 0 Å². The summed E-state index contributed by atoms with van der Waals surface area (Å²) in [4.78, 5) is 2.51. The highest BCUT2D eigenvalue weighted by atomic mass is 16.5. The lowest BCUT2D eigenvalue weighted by Gasteiger charge is -2.30. The summed E-state index contributed by atoms with van der Waals surface area (Å²) < 4.78 is 10.9. The molecule has 0 aromatic carbocycles. The second kappa shape index (κ2) is 8.86. The van der Waals surface area contributed by atoms with Crippen molar-refractivity contribution in [1.82, 2.24) is 10.2 Å². The van der Waals surface area contributed by atoms with Gasteiger partial charge in [-0.25, -0.2) is 0 Å². The molecule has 4 heteroatoms. The van der Waals surface area contributed by atoms with E-state index in [1.807, 2.05) is 13.8 Å². The highest BCUT2D eigenvalue weighted by Gasteiger charge is 2.28. The van der Waals surface area contributed by atoms with Gasteiger partial charge in [0.1, 0.15) is 0 Å². The fourth-order valence-corrected chi connectivity index (χ4v) is 2.38. The third kappa shape index (κ3) is 5.34. The van der Waals surface area contributed by atoms with Gasteiger partial charge in [-0.2, -0.15) is 0 Å². The van der Waals surface area contributed by atoms with E-state index in [9.17, 15) is 0 Å². The molecule has 0 amide bonds. The third-order valence-corrected chi connectivity index (χ3v) is 3.40. The van der Waals surface area contributed by atoms with Crippen molar-refractivity contribution < 1.29 is 9.47 Å². The first kappa shape index (κ1) is 14.9. The van der Waals surface area contributed by atoms with Gasteiger partial charge < -0.3 is 14.8 Å². The van der Waals surface area contributed by atoms with Crippen LogP contribution in [0.1, 0.15) is 20.8 Å². The minimum absolute atomic E-state index is 0.635. The minimum atomic E-state index is 0.635. The maximum atomic E-state index is 5.46. The van der Waals surface area contributed by atoms with Crippen LogP contribution in [0.5, 0.6) is 0 Å². The Bertz CT molecular complexity index is 180. The summed E-state index contributed by atoms with van der Waals surface area (Å²) in [6.45, 7) is 13.9. The normalized spacial score (nSPS) is 24.7. The van der Waals surface area contributed by atoms with Crippen LogP contribution in [0.25, 0.3) is 0 Å². The fourth-order valence-electron chi connectivity index (χ4n) is 2.38. The van der Waals surface area contributed by atoms with Gasteiger partial charge in [-0.3, -0.25) is 4.90 Å². The Hall–Kier alpha value is -0.160. The van der Waals surface area contributed by atoms with Gasteiger partial charge in [0, 0.05) is 38.9 Å². The van der Waals surface area contributed by atoms with Crippen molar-refractivity contribution >= 4 is 0 Å². The first-order valence-corrected chi connectivity index (χ1v) is 6.89. The summed E-state index contributed by atoms with van der Waals surface area (Å²) in [6, 6.07) is 0.635. The molecule has 17 heavy (non-hydrogen) atoms. The summed E-state index contributed by atoms with van der Waals surface area (Å²) >= 11 is 0. The van der Waals surface area contributed by atoms with Crippen LogP contribution in [0.2, 0.25) is 0 Å². The van der Waals surface area contributed by atoms with Crippen molar-refractivity contribution in [3.05, 3.63) is 0 Å². The van der Waals surface area contributed by atoms with E-state index in [-0.39, 0.29) is 0 Å². The van der Waals surface area contributed by atoms with Gasteiger partial charge >= 0.3 is 0 Å². The molecule has 2 atom stereocenters. The summed E-state index contributed by atoms with van der Waals surface area (Å²) in [7, 11) is 0. The quantitative estimate of drug-likeness (QED) is 0.613. The molecule has 1 fully saturated rings. The van der Waals surface area contributed by atoms with E-state index in [1.54, 1.807) is 0 Å². The van der Waals surface area contributed by atoms with E-state index in [4.69, 9.17) is 9.47 Å². The van der Waals surface area contributed by atoms with Crippen LogP contribution in [0, 0.1) is 5.92 Å². The van der Waals surface area contributed by atoms with Gasteiger partial charge in [0.2, 0.25) is 0 Å². The topological polar surface area (TPSA) is 33.7 Å². The van der Waals surface area contributed by atoms with Crippen LogP contribution in [0.3, 0.4) is 0 Å². The molecule has 0 bridgehead atoms. The molecule has 0 spiro atoms. The summed E-state index contributed by atoms with van der Waals surface area (Å²) in [5, 5.41) is 3.46. The van der Waals surface area contributed by atoms with E-state index >= 15 is 0 Å². The van der Waals surface area contributed by atoms with E-state index in [0.717, 1.165) is 58.5 Å².